The molecule has 4 nitrogen and oxygen atoms in total. The van der Waals surface area contributed by atoms with Gasteiger partial charge in [0, 0.05) is 14.6 Å². The quantitative estimate of drug-likeness (QED) is 0.923. The molecule has 0 fully saturated rings. The highest BCUT2D eigenvalue weighted by Gasteiger charge is 2.06. The summed E-state index contributed by atoms with van der Waals surface area (Å²) in [7, 11) is 0. The third-order valence-electron chi connectivity index (χ3n) is 2.12. The van der Waals surface area contributed by atoms with Crippen LogP contribution in [0.3, 0.4) is 0 Å². The topological polar surface area (TPSA) is 51.0 Å². The maximum absolute atomic E-state index is 4.63. The van der Waals surface area contributed by atoms with Crippen LogP contribution in [0.4, 0.5) is 5.69 Å². The molecule has 0 radical (unpaired) electrons. The summed E-state index contributed by atoms with van der Waals surface area (Å²) in [6, 6.07) is 5.94. The number of anilines is 1. The van der Waals surface area contributed by atoms with Crippen molar-refractivity contribution in [1.29, 1.82) is 0 Å². The minimum atomic E-state index is 0.588. The maximum atomic E-state index is 4.63. The van der Waals surface area contributed by atoms with Crippen molar-refractivity contribution in [2.24, 2.45) is 0 Å². The van der Waals surface area contributed by atoms with Gasteiger partial charge in [-0.05, 0) is 41.1 Å². The minimum Gasteiger partial charge on any atom is -0.378 e. The SMILES string of the molecule is Cc1nonc1CNc1cc(Br)ccc1Br. The van der Waals surface area contributed by atoms with Gasteiger partial charge in [0.15, 0.2) is 0 Å². The third-order valence-corrected chi connectivity index (χ3v) is 3.31. The van der Waals surface area contributed by atoms with Gasteiger partial charge in [-0.15, -0.1) is 0 Å². The molecule has 16 heavy (non-hydrogen) atoms. The van der Waals surface area contributed by atoms with Crippen LogP contribution in [0.5, 0.6) is 0 Å². The fourth-order valence-corrected chi connectivity index (χ4v) is 1.97. The van der Waals surface area contributed by atoms with E-state index in [1.54, 1.807) is 0 Å². The van der Waals surface area contributed by atoms with E-state index in [1.807, 2.05) is 25.1 Å². The normalized spacial score (nSPS) is 10.4. The monoisotopic (exact) mass is 345 g/mol. The number of halogens is 2. The van der Waals surface area contributed by atoms with Crippen molar-refractivity contribution >= 4 is 37.5 Å². The smallest absolute Gasteiger partial charge is 0.127 e. The number of rotatable bonds is 3. The lowest BCUT2D eigenvalue weighted by Crippen LogP contribution is -2.01. The molecule has 1 heterocycles. The Bertz CT molecular complexity index is 499. The van der Waals surface area contributed by atoms with Crippen molar-refractivity contribution in [2.75, 3.05) is 5.32 Å². The Morgan fingerprint density at radius 1 is 1.31 bits per heavy atom. The molecule has 2 aromatic rings. The highest BCUT2D eigenvalue weighted by Crippen LogP contribution is 2.26. The molecule has 0 aliphatic rings. The number of benzene rings is 1. The third kappa shape index (κ3) is 2.62. The van der Waals surface area contributed by atoms with Crippen LogP contribution in [0.1, 0.15) is 11.4 Å². The summed E-state index contributed by atoms with van der Waals surface area (Å²) < 4.78 is 6.65. The molecule has 0 saturated carbocycles. The molecule has 0 spiro atoms. The Morgan fingerprint density at radius 2 is 2.12 bits per heavy atom. The Hall–Kier alpha value is -0.880. The van der Waals surface area contributed by atoms with Crippen molar-refractivity contribution in [3.63, 3.8) is 0 Å². The second-order valence-electron chi connectivity index (χ2n) is 3.27. The molecule has 1 aromatic carbocycles. The van der Waals surface area contributed by atoms with E-state index in [0.717, 1.165) is 26.0 Å². The molecular weight excluding hydrogens is 338 g/mol. The van der Waals surface area contributed by atoms with Crippen LogP contribution in [0, 0.1) is 6.92 Å². The van der Waals surface area contributed by atoms with E-state index in [2.05, 4.69) is 52.1 Å². The van der Waals surface area contributed by atoms with Gasteiger partial charge in [-0.1, -0.05) is 26.2 Å². The number of aryl methyl sites for hydroxylation is 1. The molecule has 2 rings (SSSR count). The second kappa shape index (κ2) is 4.97. The van der Waals surface area contributed by atoms with Crippen LogP contribution in [-0.4, -0.2) is 10.3 Å². The van der Waals surface area contributed by atoms with Gasteiger partial charge in [0.05, 0.1) is 6.54 Å². The van der Waals surface area contributed by atoms with Gasteiger partial charge in [-0.25, -0.2) is 4.63 Å². The fraction of sp³-hybridized carbons (Fsp3) is 0.200. The average molecular weight is 347 g/mol. The summed E-state index contributed by atoms with van der Waals surface area (Å²) in [6.45, 7) is 2.45. The van der Waals surface area contributed by atoms with E-state index >= 15 is 0 Å². The number of aromatic nitrogens is 2. The molecule has 0 saturated heterocycles. The number of hydrogen-bond acceptors (Lipinski definition) is 4. The lowest BCUT2D eigenvalue weighted by molar-refractivity contribution is 0.301. The molecule has 0 bridgehead atoms. The van der Waals surface area contributed by atoms with Crippen LogP contribution in [-0.2, 0) is 6.54 Å². The van der Waals surface area contributed by atoms with Gasteiger partial charge < -0.3 is 5.32 Å². The molecule has 0 unspecified atom stereocenters. The Morgan fingerprint density at radius 3 is 2.81 bits per heavy atom. The van der Waals surface area contributed by atoms with Gasteiger partial charge in [0.25, 0.3) is 0 Å². The van der Waals surface area contributed by atoms with Crippen molar-refractivity contribution in [2.45, 2.75) is 13.5 Å². The summed E-state index contributed by atoms with van der Waals surface area (Å²) in [4.78, 5) is 0. The molecule has 0 aliphatic heterocycles. The van der Waals surface area contributed by atoms with Crippen molar-refractivity contribution in [3.05, 3.63) is 38.5 Å². The molecule has 0 aliphatic carbocycles. The maximum Gasteiger partial charge on any atom is 0.127 e. The fourth-order valence-electron chi connectivity index (χ4n) is 1.22. The van der Waals surface area contributed by atoms with Gasteiger partial charge >= 0.3 is 0 Å². The number of nitrogens with one attached hydrogen (secondary N) is 1. The van der Waals surface area contributed by atoms with E-state index in [1.165, 1.54) is 0 Å². The zero-order valence-electron chi connectivity index (χ0n) is 8.50. The van der Waals surface area contributed by atoms with E-state index in [0.29, 0.717) is 6.54 Å². The zero-order chi connectivity index (χ0) is 11.5. The van der Waals surface area contributed by atoms with Crippen molar-refractivity contribution < 1.29 is 4.63 Å². The highest BCUT2D eigenvalue weighted by atomic mass is 79.9. The van der Waals surface area contributed by atoms with Crippen LogP contribution in [0.2, 0.25) is 0 Å². The highest BCUT2D eigenvalue weighted by molar-refractivity contribution is 9.11. The zero-order valence-corrected chi connectivity index (χ0v) is 11.7. The van der Waals surface area contributed by atoms with Crippen LogP contribution in [0.15, 0.2) is 31.8 Å². The number of hydrogen-bond donors (Lipinski definition) is 1. The lowest BCUT2D eigenvalue weighted by atomic mass is 10.3. The summed E-state index contributed by atoms with van der Waals surface area (Å²) >= 11 is 6.89. The minimum absolute atomic E-state index is 0.588. The molecular formula is C10H9Br2N3O. The first-order valence-corrected chi connectivity index (χ1v) is 6.22. The van der Waals surface area contributed by atoms with E-state index < -0.39 is 0 Å². The lowest BCUT2D eigenvalue weighted by Gasteiger charge is -2.07. The second-order valence-corrected chi connectivity index (χ2v) is 5.04. The molecule has 1 N–H and O–H groups in total. The summed E-state index contributed by atoms with van der Waals surface area (Å²) in [5.41, 5.74) is 2.61. The first-order valence-electron chi connectivity index (χ1n) is 4.64. The first kappa shape index (κ1) is 11.6. The van der Waals surface area contributed by atoms with E-state index in [9.17, 15) is 0 Å². The van der Waals surface area contributed by atoms with E-state index in [-0.39, 0.29) is 0 Å². The molecule has 0 atom stereocenters. The standard InChI is InChI=1S/C10H9Br2N3O/c1-6-10(15-16-14-6)5-13-9-4-7(11)2-3-8(9)12/h2-4,13H,5H2,1H3. The Labute approximate surface area is 110 Å². The largest absolute Gasteiger partial charge is 0.378 e. The van der Waals surface area contributed by atoms with Crippen LogP contribution in [0.25, 0.3) is 0 Å². The predicted molar refractivity (Wildman–Crippen MR) is 68.2 cm³/mol. The van der Waals surface area contributed by atoms with Crippen LogP contribution < -0.4 is 5.32 Å². The molecule has 1 aromatic heterocycles. The first-order chi connectivity index (χ1) is 7.66. The molecule has 6 heteroatoms. The number of nitrogens with zero attached hydrogens (tertiary/aromatic N) is 2. The van der Waals surface area contributed by atoms with Crippen molar-refractivity contribution in [3.8, 4) is 0 Å². The summed E-state index contributed by atoms with van der Waals surface area (Å²) in [5.74, 6) is 0. The van der Waals surface area contributed by atoms with Gasteiger partial charge in [0.1, 0.15) is 11.4 Å². The summed E-state index contributed by atoms with van der Waals surface area (Å²) in [6.07, 6.45) is 0. The van der Waals surface area contributed by atoms with Gasteiger partial charge in [0.2, 0.25) is 0 Å². The Balaban J connectivity index is 2.10. The van der Waals surface area contributed by atoms with Crippen molar-refractivity contribution in [1.82, 2.24) is 10.3 Å². The average Bonchev–Trinajstić information content (AvgIpc) is 2.66. The van der Waals surface area contributed by atoms with Gasteiger partial charge in [-0.2, -0.15) is 0 Å². The molecule has 84 valence electrons. The Kier molecular flexibility index (Phi) is 3.60. The van der Waals surface area contributed by atoms with Crippen LogP contribution >= 0.6 is 31.9 Å². The predicted octanol–water partition coefficient (Wildman–Crippen LogP) is 3.52. The molecule has 0 amide bonds. The van der Waals surface area contributed by atoms with Gasteiger partial charge in [-0.3, -0.25) is 0 Å². The summed E-state index contributed by atoms with van der Waals surface area (Å²) in [5, 5.41) is 10.8. The van der Waals surface area contributed by atoms with E-state index in [4.69, 9.17) is 0 Å².